The fourth-order valence-corrected chi connectivity index (χ4v) is 3.29. The third kappa shape index (κ3) is 5.17. The number of aromatic nitrogens is 3. The van der Waals surface area contributed by atoms with Crippen molar-refractivity contribution < 1.29 is 19.6 Å². The van der Waals surface area contributed by atoms with E-state index in [2.05, 4.69) is 20.7 Å². The van der Waals surface area contributed by atoms with Gasteiger partial charge in [0.2, 0.25) is 0 Å². The highest BCUT2D eigenvalue weighted by Crippen LogP contribution is 2.33. The van der Waals surface area contributed by atoms with E-state index in [1.165, 1.54) is 18.9 Å². The Balaban J connectivity index is 1.61. The van der Waals surface area contributed by atoms with E-state index in [-0.39, 0.29) is 28.5 Å². The van der Waals surface area contributed by atoms with E-state index in [0.717, 1.165) is 23.9 Å². The van der Waals surface area contributed by atoms with E-state index in [1.54, 1.807) is 11.6 Å². The molecule has 0 spiro atoms. The molecule has 0 radical (unpaired) electrons. The van der Waals surface area contributed by atoms with Gasteiger partial charge in [-0.3, -0.25) is 14.9 Å². The first-order valence-electron chi connectivity index (χ1n) is 8.85. The van der Waals surface area contributed by atoms with Crippen LogP contribution >= 0.6 is 11.8 Å². The van der Waals surface area contributed by atoms with Gasteiger partial charge in [0.25, 0.3) is 11.6 Å². The Morgan fingerprint density at radius 3 is 2.77 bits per heavy atom. The number of phenols is 1. The Hall–Kier alpha value is -3.93. The van der Waals surface area contributed by atoms with Crippen molar-refractivity contribution in [1.82, 2.24) is 20.2 Å². The van der Waals surface area contributed by atoms with Crippen molar-refractivity contribution in [3.8, 4) is 22.9 Å². The van der Waals surface area contributed by atoms with Crippen LogP contribution in [0.15, 0.2) is 52.7 Å². The first kappa shape index (κ1) is 21.8. The lowest BCUT2D eigenvalue weighted by atomic mass is 10.2. The molecule has 1 aromatic heterocycles. The highest BCUT2D eigenvalue weighted by atomic mass is 32.2. The lowest BCUT2D eigenvalue weighted by Crippen LogP contribution is -2.20. The standard InChI is InChI=1S/C19H18N6O5S/c1-24-18(12-6-4-3-5-7-12)22-23-19(24)31-11-16(26)21-20-10-13-8-14(25(28)29)9-15(30-2)17(13)27/h3-10,27H,11H2,1-2H3,(H,21,26). The molecule has 1 heterocycles. The van der Waals surface area contributed by atoms with Crippen LogP contribution < -0.4 is 10.2 Å². The zero-order valence-electron chi connectivity index (χ0n) is 16.6. The van der Waals surface area contributed by atoms with E-state index in [0.29, 0.717) is 11.0 Å². The fourth-order valence-electron chi connectivity index (χ4n) is 2.59. The number of nitrogens with zero attached hydrogens (tertiary/aromatic N) is 5. The summed E-state index contributed by atoms with van der Waals surface area (Å²) in [6.07, 6.45) is 1.10. The normalized spacial score (nSPS) is 10.9. The minimum atomic E-state index is -0.626. The average Bonchev–Trinajstić information content (AvgIpc) is 3.14. The minimum Gasteiger partial charge on any atom is -0.504 e. The monoisotopic (exact) mass is 442 g/mol. The second-order valence-corrected chi connectivity index (χ2v) is 7.10. The molecule has 0 unspecified atom stereocenters. The Kier molecular flexibility index (Phi) is 6.82. The summed E-state index contributed by atoms with van der Waals surface area (Å²) >= 11 is 1.18. The molecule has 12 heteroatoms. The average molecular weight is 442 g/mol. The van der Waals surface area contributed by atoms with E-state index in [9.17, 15) is 20.0 Å². The molecule has 3 rings (SSSR count). The van der Waals surface area contributed by atoms with Crippen molar-refractivity contribution >= 4 is 29.6 Å². The van der Waals surface area contributed by atoms with E-state index in [1.807, 2.05) is 30.3 Å². The van der Waals surface area contributed by atoms with Crippen molar-refractivity contribution in [3.63, 3.8) is 0 Å². The summed E-state index contributed by atoms with van der Waals surface area (Å²) in [6, 6.07) is 11.7. The zero-order chi connectivity index (χ0) is 22.4. The van der Waals surface area contributed by atoms with Crippen molar-refractivity contribution in [3.05, 3.63) is 58.1 Å². The SMILES string of the molecule is COc1cc([N+](=O)[O-])cc(C=NNC(=O)CSc2nnc(-c3ccccc3)n2C)c1O. The molecular formula is C19H18N6O5S. The van der Waals surface area contributed by atoms with E-state index < -0.39 is 10.8 Å². The summed E-state index contributed by atoms with van der Waals surface area (Å²) in [5.74, 6) is -0.136. The van der Waals surface area contributed by atoms with Gasteiger partial charge in [-0.2, -0.15) is 5.10 Å². The second kappa shape index (κ2) is 9.71. The Bertz CT molecular complexity index is 1130. The summed E-state index contributed by atoms with van der Waals surface area (Å²) in [4.78, 5) is 22.4. The number of phenolic OH excluding ortho intramolecular Hbond substituents is 1. The number of aromatic hydroxyl groups is 1. The quantitative estimate of drug-likeness (QED) is 0.234. The number of carbonyl (C=O) groups excluding carboxylic acids is 1. The van der Waals surface area contributed by atoms with Gasteiger partial charge >= 0.3 is 0 Å². The van der Waals surface area contributed by atoms with Crippen LogP contribution in [0.4, 0.5) is 5.69 Å². The first-order chi connectivity index (χ1) is 14.9. The van der Waals surface area contributed by atoms with E-state index >= 15 is 0 Å². The summed E-state index contributed by atoms with van der Waals surface area (Å²) in [6.45, 7) is 0. The van der Waals surface area contributed by atoms with Gasteiger partial charge in [0.1, 0.15) is 0 Å². The molecule has 0 atom stereocenters. The number of nitro groups is 1. The number of rotatable bonds is 8. The molecule has 0 fully saturated rings. The predicted octanol–water partition coefficient (Wildman–Crippen LogP) is 2.35. The van der Waals surface area contributed by atoms with Gasteiger partial charge in [0.15, 0.2) is 22.5 Å². The fraction of sp³-hybridized carbons (Fsp3) is 0.158. The van der Waals surface area contributed by atoms with Gasteiger partial charge in [0, 0.05) is 24.2 Å². The van der Waals surface area contributed by atoms with Crippen LogP contribution in [-0.4, -0.2) is 49.8 Å². The lowest BCUT2D eigenvalue weighted by Gasteiger charge is -2.06. The molecule has 2 aromatic carbocycles. The molecule has 0 aliphatic heterocycles. The number of benzene rings is 2. The van der Waals surface area contributed by atoms with Crippen molar-refractivity contribution in [2.45, 2.75) is 5.16 Å². The molecule has 160 valence electrons. The molecule has 31 heavy (non-hydrogen) atoms. The predicted molar refractivity (Wildman–Crippen MR) is 114 cm³/mol. The lowest BCUT2D eigenvalue weighted by molar-refractivity contribution is -0.385. The number of amides is 1. The maximum absolute atomic E-state index is 12.1. The number of hydrogen-bond donors (Lipinski definition) is 2. The summed E-state index contributed by atoms with van der Waals surface area (Å²) < 4.78 is 6.70. The van der Waals surface area contributed by atoms with Crippen LogP contribution in [0.5, 0.6) is 11.5 Å². The number of nitrogens with one attached hydrogen (secondary N) is 1. The number of nitro benzene ring substituents is 1. The highest BCUT2D eigenvalue weighted by Gasteiger charge is 2.16. The zero-order valence-corrected chi connectivity index (χ0v) is 17.4. The molecule has 0 saturated heterocycles. The van der Waals surface area contributed by atoms with E-state index in [4.69, 9.17) is 4.74 Å². The molecular weight excluding hydrogens is 424 g/mol. The number of hydrazone groups is 1. The molecule has 0 aliphatic rings. The van der Waals surface area contributed by atoms with Gasteiger partial charge < -0.3 is 14.4 Å². The number of carbonyl (C=O) groups is 1. The molecule has 1 amide bonds. The third-order valence-electron chi connectivity index (χ3n) is 4.11. The molecule has 2 N–H and O–H groups in total. The number of thioether (sulfide) groups is 1. The van der Waals surface area contributed by atoms with Crippen molar-refractivity contribution in [1.29, 1.82) is 0 Å². The molecule has 0 saturated carbocycles. The van der Waals surface area contributed by atoms with Gasteiger partial charge in [0.05, 0.1) is 30.1 Å². The highest BCUT2D eigenvalue weighted by molar-refractivity contribution is 7.99. The third-order valence-corrected chi connectivity index (χ3v) is 5.13. The van der Waals surface area contributed by atoms with Crippen LogP contribution in [-0.2, 0) is 11.8 Å². The molecule has 3 aromatic rings. The van der Waals surface area contributed by atoms with Gasteiger partial charge in [-0.25, -0.2) is 5.43 Å². The maximum Gasteiger partial charge on any atom is 0.274 e. The summed E-state index contributed by atoms with van der Waals surface area (Å²) in [7, 11) is 3.08. The van der Waals surface area contributed by atoms with Gasteiger partial charge in [-0.15, -0.1) is 10.2 Å². The Morgan fingerprint density at radius 2 is 2.10 bits per heavy atom. The van der Waals surface area contributed by atoms with Crippen LogP contribution in [0, 0.1) is 10.1 Å². The summed E-state index contributed by atoms with van der Waals surface area (Å²) in [5, 5.41) is 33.6. The molecule has 0 bridgehead atoms. The number of hydrogen-bond acceptors (Lipinski definition) is 9. The smallest absolute Gasteiger partial charge is 0.274 e. The number of non-ortho nitro benzene ring substituents is 1. The maximum atomic E-state index is 12.1. The largest absolute Gasteiger partial charge is 0.504 e. The second-order valence-electron chi connectivity index (χ2n) is 6.16. The van der Waals surface area contributed by atoms with Crippen molar-refractivity contribution in [2.75, 3.05) is 12.9 Å². The summed E-state index contributed by atoms with van der Waals surface area (Å²) in [5.41, 5.74) is 2.96. The Labute approximate surface area is 180 Å². The van der Waals surface area contributed by atoms with Gasteiger partial charge in [-0.05, 0) is 0 Å². The van der Waals surface area contributed by atoms with Gasteiger partial charge in [-0.1, -0.05) is 42.1 Å². The number of methoxy groups -OCH3 is 1. The Morgan fingerprint density at radius 1 is 1.35 bits per heavy atom. The topological polar surface area (TPSA) is 145 Å². The molecule has 11 nitrogen and oxygen atoms in total. The minimum absolute atomic E-state index is 0.0162. The van der Waals surface area contributed by atoms with Crippen LogP contribution in [0.1, 0.15) is 5.56 Å². The van der Waals surface area contributed by atoms with Crippen LogP contribution in [0.2, 0.25) is 0 Å². The molecule has 0 aliphatic carbocycles. The van der Waals surface area contributed by atoms with Crippen LogP contribution in [0.3, 0.4) is 0 Å². The number of ether oxygens (including phenoxy) is 1. The van der Waals surface area contributed by atoms with Crippen LogP contribution in [0.25, 0.3) is 11.4 Å². The first-order valence-corrected chi connectivity index (χ1v) is 9.84. The van der Waals surface area contributed by atoms with Crippen molar-refractivity contribution in [2.24, 2.45) is 12.1 Å².